The number of amides is 2. The third kappa shape index (κ3) is 5.39. The SMILES string of the molecule is CC[C@@H]1CCCN(C(=O)[C@@H](C)NC(=O)OC(C)(C)C)C1. The van der Waals surface area contributed by atoms with Crippen LogP contribution in [-0.2, 0) is 9.53 Å². The molecule has 5 nitrogen and oxygen atoms in total. The van der Waals surface area contributed by atoms with Gasteiger partial charge >= 0.3 is 6.09 Å². The van der Waals surface area contributed by atoms with E-state index < -0.39 is 17.7 Å². The van der Waals surface area contributed by atoms with Crippen LogP contribution in [0.3, 0.4) is 0 Å². The molecule has 1 rings (SSSR count). The number of nitrogens with one attached hydrogen (secondary N) is 1. The lowest BCUT2D eigenvalue weighted by Crippen LogP contribution is -2.50. The van der Waals surface area contributed by atoms with Gasteiger partial charge in [-0.15, -0.1) is 0 Å². The van der Waals surface area contributed by atoms with Crippen LogP contribution >= 0.6 is 0 Å². The van der Waals surface area contributed by atoms with E-state index in [0.29, 0.717) is 5.92 Å². The van der Waals surface area contributed by atoms with Crippen LogP contribution in [0.4, 0.5) is 4.79 Å². The van der Waals surface area contributed by atoms with Crippen molar-refractivity contribution in [2.45, 2.75) is 65.5 Å². The Morgan fingerprint density at radius 2 is 2.05 bits per heavy atom. The number of ether oxygens (including phenoxy) is 1. The Kier molecular flexibility index (Phi) is 5.84. The number of alkyl carbamates (subject to hydrolysis) is 1. The molecule has 2 atom stereocenters. The predicted molar refractivity (Wildman–Crippen MR) is 78.4 cm³/mol. The van der Waals surface area contributed by atoms with E-state index in [-0.39, 0.29) is 5.91 Å². The Bertz CT molecular complexity index is 350. The fourth-order valence-corrected chi connectivity index (χ4v) is 2.42. The molecular formula is C15H28N2O3. The van der Waals surface area contributed by atoms with E-state index in [2.05, 4.69) is 12.2 Å². The molecule has 1 fully saturated rings. The zero-order chi connectivity index (χ0) is 15.3. The predicted octanol–water partition coefficient (Wildman–Crippen LogP) is 2.55. The number of hydrogen-bond donors (Lipinski definition) is 1. The molecule has 1 N–H and O–H groups in total. The minimum absolute atomic E-state index is 0.0194. The summed E-state index contributed by atoms with van der Waals surface area (Å²) in [5.74, 6) is 0.565. The van der Waals surface area contributed by atoms with Crippen molar-refractivity contribution in [3.63, 3.8) is 0 Å². The third-order valence-electron chi connectivity index (χ3n) is 3.51. The lowest BCUT2D eigenvalue weighted by molar-refractivity contribution is -0.134. The number of carbonyl (C=O) groups excluding carboxylic acids is 2. The Labute approximate surface area is 122 Å². The molecule has 0 aliphatic carbocycles. The van der Waals surface area contributed by atoms with Gasteiger partial charge in [-0.05, 0) is 46.5 Å². The van der Waals surface area contributed by atoms with E-state index in [0.717, 1.165) is 25.9 Å². The van der Waals surface area contributed by atoms with E-state index in [1.54, 1.807) is 27.7 Å². The van der Waals surface area contributed by atoms with Crippen molar-refractivity contribution in [3.05, 3.63) is 0 Å². The molecule has 20 heavy (non-hydrogen) atoms. The Hall–Kier alpha value is -1.26. The smallest absolute Gasteiger partial charge is 0.408 e. The maximum absolute atomic E-state index is 12.3. The molecule has 5 heteroatoms. The molecule has 0 unspecified atom stereocenters. The number of rotatable bonds is 3. The monoisotopic (exact) mass is 284 g/mol. The van der Waals surface area contributed by atoms with Gasteiger partial charge in [0.15, 0.2) is 0 Å². The molecule has 0 spiro atoms. The second kappa shape index (κ2) is 6.95. The summed E-state index contributed by atoms with van der Waals surface area (Å²) < 4.78 is 5.17. The summed E-state index contributed by atoms with van der Waals surface area (Å²) in [4.78, 5) is 25.8. The Morgan fingerprint density at radius 1 is 1.40 bits per heavy atom. The topological polar surface area (TPSA) is 58.6 Å². The van der Waals surface area contributed by atoms with Crippen molar-refractivity contribution in [2.24, 2.45) is 5.92 Å². The maximum Gasteiger partial charge on any atom is 0.408 e. The molecular weight excluding hydrogens is 256 g/mol. The zero-order valence-electron chi connectivity index (χ0n) is 13.4. The first-order valence-electron chi connectivity index (χ1n) is 7.51. The van der Waals surface area contributed by atoms with Crippen molar-refractivity contribution in [1.29, 1.82) is 0 Å². The molecule has 0 aromatic heterocycles. The van der Waals surface area contributed by atoms with Crippen LogP contribution in [0, 0.1) is 5.92 Å². The molecule has 1 aliphatic rings. The first-order valence-corrected chi connectivity index (χ1v) is 7.51. The van der Waals surface area contributed by atoms with Gasteiger partial charge in [-0.1, -0.05) is 13.3 Å². The molecule has 0 bridgehead atoms. The number of hydrogen-bond acceptors (Lipinski definition) is 3. The largest absolute Gasteiger partial charge is 0.444 e. The van der Waals surface area contributed by atoms with Crippen LogP contribution in [0.1, 0.15) is 53.9 Å². The van der Waals surface area contributed by atoms with Crippen LogP contribution in [0.15, 0.2) is 0 Å². The minimum Gasteiger partial charge on any atom is -0.444 e. The van der Waals surface area contributed by atoms with Crippen LogP contribution in [0.5, 0.6) is 0 Å². The van der Waals surface area contributed by atoms with Crippen molar-refractivity contribution in [3.8, 4) is 0 Å². The van der Waals surface area contributed by atoms with Gasteiger partial charge < -0.3 is 15.0 Å². The fraction of sp³-hybridized carbons (Fsp3) is 0.867. The van der Waals surface area contributed by atoms with Crippen molar-refractivity contribution >= 4 is 12.0 Å². The summed E-state index contributed by atoms with van der Waals surface area (Å²) in [6, 6.07) is -0.541. The lowest BCUT2D eigenvalue weighted by atomic mass is 9.95. The first-order chi connectivity index (χ1) is 9.23. The summed E-state index contributed by atoms with van der Waals surface area (Å²) in [7, 11) is 0. The summed E-state index contributed by atoms with van der Waals surface area (Å²) in [5, 5.41) is 2.61. The molecule has 0 aromatic rings. The second-order valence-corrected chi connectivity index (χ2v) is 6.57. The fourth-order valence-electron chi connectivity index (χ4n) is 2.42. The minimum atomic E-state index is -0.550. The van der Waals surface area contributed by atoms with E-state index in [4.69, 9.17) is 4.74 Å². The van der Waals surface area contributed by atoms with Gasteiger partial charge in [0, 0.05) is 13.1 Å². The first kappa shape index (κ1) is 16.8. The molecule has 0 aromatic carbocycles. The Morgan fingerprint density at radius 3 is 2.60 bits per heavy atom. The number of piperidine rings is 1. The zero-order valence-corrected chi connectivity index (χ0v) is 13.4. The molecule has 0 saturated carbocycles. The van der Waals surface area contributed by atoms with Gasteiger partial charge in [0.2, 0.25) is 5.91 Å². The number of likely N-dealkylation sites (tertiary alicyclic amines) is 1. The highest BCUT2D eigenvalue weighted by Crippen LogP contribution is 2.19. The second-order valence-electron chi connectivity index (χ2n) is 6.57. The molecule has 1 saturated heterocycles. The van der Waals surface area contributed by atoms with Crippen molar-refractivity contribution in [2.75, 3.05) is 13.1 Å². The number of nitrogens with zero attached hydrogens (tertiary/aromatic N) is 1. The number of carbonyl (C=O) groups is 2. The normalized spacial score (nSPS) is 21.2. The standard InChI is InChI=1S/C15H28N2O3/c1-6-12-8-7-9-17(10-12)13(18)11(2)16-14(19)20-15(3,4)5/h11-12H,6-10H2,1-5H3,(H,16,19)/t11-,12-/m1/s1. The van der Waals surface area contributed by atoms with Gasteiger partial charge in [0.05, 0.1) is 0 Å². The van der Waals surface area contributed by atoms with Crippen LogP contribution in [-0.4, -0.2) is 41.6 Å². The van der Waals surface area contributed by atoms with E-state index >= 15 is 0 Å². The third-order valence-corrected chi connectivity index (χ3v) is 3.51. The molecule has 1 heterocycles. The Balaban J connectivity index is 2.48. The summed E-state index contributed by atoms with van der Waals surface area (Å²) >= 11 is 0. The lowest BCUT2D eigenvalue weighted by Gasteiger charge is -2.34. The molecule has 2 amide bonds. The molecule has 0 radical (unpaired) electrons. The van der Waals surface area contributed by atoms with Gasteiger partial charge in [0.25, 0.3) is 0 Å². The van der Waals surface area contributed by atoms with E-state index in [1.807, 2.05) is 4.90 Å². The average molecular weight is 284 g/mol. The molecule has 116 valence electrons. The highest BCUT2D eigenvalue weighted by atomic mass is 16.6. The maximum atomic E-state index is 12.3. The summed E-state index contributed by atoms with van der Waals surface area (Å²) in [5.41, 5.74) is -0.550. The van der Waals surface area contributed by atoms with Crippen molar-refractivity contribution in [1.82, 2.24) is 10.2 Å². The van der Waals surface area contributed by atoms with Crippen LogP contribution in [0.2, 0.25) is 0 Å². The summed E-state index contributed by atoms with van der Waals surface area (Å²) in [6.07, 6.45) is 2.79. The van der Waals surface area contributed by atoms with E-state index in [9.17, 15) is 9.59 Å². The van der Waals surface area contributed by atoms with Crippen LogP contribution in [0.25, 0.3) is 0 Å². The molecule has 1 aliphatic heterocycles. The van der Waals surface area contributed by atoms with Gasteiger partial charge in [-0.2, -0.15) is 0 Å². The van der Waals surface area contributed by atoms with E-state index in [1.165, 1.54) is 6.42 Å². The van der Waals surface area contributed by atoms with Gasteiger partial charge in [0.1, 0.15) is 11.6 Å². The van der Waals surface area contributed by atoms with Gasteiger partial charge in [-0.3, -0.25) is 4.79 Å². The summed E-state index contributed by atoms with van der Waals surface area (Å²) in [6.45, 7) is 10.9. The quantitative estimate of drug-likeness (QED) is 0.866. The highest BCUT2D eigenvalue weighted by Gasteiger charge is 2.28. The van der Waals surface area contributed by atoms with Crippen molar-refractivity contribution < 1.29 is 14.3 Å². The average Bonchev–Trinajstić information content (AvgIpc) is 2.35. The highest BCUT2D eigenvalue weighted by molar-refractivity contribution is 5.85. The van der Waals surface area contributed by atoms with Gasteiger partial charge in [-0.25, -0.2) is 4.79 Å². The van der Waals surface area contributed by atoms with Crippen LogP contribution < -0.4 is 5.32 Å².